The number of aromatic amines is 1. The molecule has 4 nitrogen and oxygen atoms in total. The summed E-state index contributed by atoms with van der Waals surface area (Å²) < 4.78 is 5.15. The van der Waals surface area contributed by atoms with Crippen molar-refractivity contribution in [3.63, 3.8) is 0 Å². The molecule has 7 heteroatoms. The zero-order valence-corrected chi connectivity index (χ0v) is 14.5. The Morgan fingerprint density at radius 2 is 1.87 bits per heavy atom. The molecule has 0 aliphatic carbocycles. The number of hydrogen-bond donors (Lipinski definition) is 1. The van der Waals surface area contributed by atoms with E-state index in [0.29, 0.717) is 15.2 Å². The van der Waals surface area contributed by atoms with Gasteiger partial charge >= 0.3 is 0 Å². The number of hydrogen-bond acceptors (Lipinski definition) is 4. The van der Waals surface area contributed by atoms with Crippen molar-refractivity contribution in [2.24, 2.45) is 0 Å². The van der Waals surface area contributed by atoms with Crippen molar-refractivity contribution in [2.75, 3.05) is 7.11 Å². The van der Waals surface area contributed by atoms with Crippen LogP contribution in [0.2, 0.25) is 10.0 Å². The zero-order chi connectivity index (χ0) is 16.2. The van der Waals surface area contributed by atoms with E-state index in [2.05, 4.69) is 15.2 Å². The van der Waals surface area contributed by atoms with E-state index in [1.165, 1.54) is 11.8 Å². The monoisotopic (exact) mass is 365 g/mol. The SMILES string of the molecule is COc1ccc(-c2nc(SCc3ccc(Cl)c(Cl)c3)n[nH]2)cc1. The Kier molecular flexibility index (Phi) is 5.10. The first kappa shape index (κ1) is 16.2. The van der Waals surface area contributed by atoms with Gasteiger partial charge in [0.05, 0.1) is 17.2 Å². The summed E-state index contributed by atoms with van der Waals surface area (Å²) in [4.78, 5) is 4.49. The lowest BCUT2D eigenvalue weighted by molar-refractivity contribution is 0.415. The molecule has 0 spiro atoms. The van der Waals surface area contributed by atoms with Gasteiger partial charge in [-0.1, -0.05) is 41.0 Å². The molecule has 1 heterocycles. The summed E-state index contributed by atoms with van der Waals surface area (Å²) in [6.45, 7) is 0. The fourth-order valence-corrected chi connectivity index (χ4v) is 3.03. The summed E-state index contributed by atoms with van der Waals surface area (Å²) in [5.74, 6) is 2.25. The van der Waals surface area contributed by atoms with E-state index in [4.69, 9.17) is 27.9 Å². The number of halogens is 2. The van der Waals surface area contributed by atoms with Crippen molar-refractivity contribution < 1.29 is 4.74 Å². The molecule has 118 valence electrons. The van der Waals surface area contributed by atoms with Crippen LogP contribution in [0.3, 0.4) is 0 Å². The standard InChI is InChI=1S/C16H13Cl2N3OS/c1-22-12-5-3-11(4-6-12)15-19-16(21-20-15)23-9-10-2-7-13(17)14(18)8-10/h2-8H,9H2,1H3,(H,19,20,21). The van der Waals surface area contributed by atoms with Crippen LogP contribution in [0.25, 0.3) is 11.4 Å². The van der Waals surface area contributed by atoms with E-state index in [1.807, 2.05) is 36.4 Å². The molecule has 3 rings (SSSR count). The number of thioether (sulfide) groups is 1. The Hall–Kier alpha value is -1.69. The second kappa shape index (κ2) is 7.25. The molecule has 0 saturated heterocycles. The molecule has 3 aromatic rings. The van der Waals surface area contributed by atoms with Gasteiger partial charge in [-0.3, -0.25) is 5.10 Å². The van der Waals surface area contributed by atoms with Crippen molar-refractivity contribution in [1.29, 1.82) is 0 Å². The Labute approximate surface area is 148 Å². The quantitative estimate of drug-likeness (QED) is 0.640. The first-order chi connectivity index (χ1) is 11.2. The van der Waals surface area contributed by atoms with Gasteiger partial charge in [-0.15, -0.1) is 5.10 Å². The molecule has 1 N–H and O–H groups in total. The molecule has 23 heavy (non-hydrogen) atoms. The van der Waals surface area contributed by atoms with Crippen LogP contribution in [0.5, 0.6) is 5.75 Å². The van der Waals surface area contributed by atoms with Crippen LogP contribution >= 0.6 is 35.0 Å². The average Bonchev–Trinajstić information content (AvgIpc) is 3.05. The van der Waals surface area contributed by atoms with Gasteiger partial charge < -0.3 is 4.74 Å². The van der Waals surface area contributed by atoms with E-state index in [0.717, 1.165) is 28.5 Å². The first-order valence-electron chi connectivity index (χ1n) is 6.79. The van der Waals surface area contributed by atoms with Crippen LogP contribution in [-0.4, -0.2) is 22.3 Å². The minimum absolute atomic E-state index is 0.554. The number of methoxy groups -OCH3 is 1. The molecular formula is C16H13Cl2N3OS. The molecule has 0 atom stereocenters. The van der Waals surface area contributed by atoms with Crippen LogP contribution in [-0.2, 0) is 5.75 Å². The highest BCUT2D eigenvalue weighted by Crippen LogP contribution is 2.27. The lowest BCUT2D eigenvalue weighted by Gasteiger charge is -2.01. The smallest absolute Gasteiger partial charge is 0.209 e. The molecule has 0 aliphatic rings. The second-order valence-corrected chi connectivity index (χ2v) is 6.49. The van der Waals surface area contributed by atoms with Gasteiger partial charge in [-0.05, 0) is 42.0 Å². The first-order valence-corrected chi connectivity index (χ1v) is 8.53. The average molecular weight is 366 g/mol. The largest absolute Gasteiger partial charge is 0.497 e. The molecule has 1 aromatic heterocycles. The lowest BCUT2D eigenvalue weighted by atomic mass is 10.2. The van der Waals surface area contributed by atoms with Crippen LogP contribution in [0.1, 0.15) is 5.56 Å². The number of H-pyrrole nitrogens is 1. The molecule has 0 bridgehead atoms. The summed E-state index contributed by atoms with van der Waals surface area (Å²) in [7, 11) is 1.64. The van der Waals surface area contributed by atoms with Gasteiger partial charge in [0, 0.05) is 11.3 Å². The fourth-order valence-electron chi connectivity index (χ4n) is 1.97. The Morgan fingerprint density at radius 1 is 1.09 bits per heavy atom. The lowest BCUT2D eigenvalue weighted by Crippen LogP contribution is -1.84. The third-order valence-corrected chi connectivity index (χ3v) is 4.84. The van der Waals surface area contributed by atoms with Crippen LogP contribution in [0.15, 0.2) is 47.6 Å². The molecular weight excluding hydrogens is 353 g/mol. The summed E-state index contributed by atoms with van der Waals surface area (Å²) in [6, 6.07) is 13.2. The summed E-state index contributed by atoms with van der Waals surface area (Å²) >= 11 is 13.5. The molecule has 2 aromatic carbocycles. The Bertz CT molecular complexity index is 805. The van der Waals surface area contributed by atoms with Crippen molar-refractivity contribution in [2.45, 2.75) is 10.9 Å². The molecule has 0 saturated carbocycles. The van der Waals surface area contributed by atoms with Gasteiger partial charge in [0.1, 0.15) is 5.75 Å². The Morgan fingerprint density at radius 3 is 2.57 bits per heavy atom. The Balaban J connectivity index is 1.67. The van der Waals surface area contributed by atoms with Crippen LogP contribution < -0.4 is 4.74 Å². The molecule has 0 radical (unpaired) electrons. The third-order valence-electron chi connectivity index (χ3n) is 3.18. The summed E-state index contributed by atoms with van der Waals surface area (Å²) in [5.41, 5.74) is 2.03. The minimum atomic E-state index is 0.554. The maximum Gasteiger partial charge on any atom is 0.209 e. The van der Waals surface area contributed by atoms with Crippen LogP contribution in [0, 0.1) is 0 Å². The number of nitrogens with zero attached hydrogens (tertiary/aromatic N) is 2. The van der Waals surface area contributed by atoms with E-state index >= 15 is 0 Å². The third kappa shape index (κ3) is 3.99. The highest BCUT2D eigenvalue weighted by molar-refractivity contribution is 7.98. The topological polar surface area (TPSA) is 50.8 Å². The van der Waals surface area contributed by atoms with Gasteiger partial charge in [0.15, 0.2) is 5.82 Å². The van der Waals surface area contributed by atoms with Gasteiger partial charge in [0.25, 0.3) is 0 Å². The molecule has 0 fully saturated rings. The molecule has 0 aliphatic heterocycles. The van der Waals surface area contributed by atoms with Crippen molar-refractivity contribution in [3.8, 4) is 17.1 Å². The molecule has 0 amide bonds. The molecule has 0 unspecified atom stereocenters. The van der Waals surface area contributed by atoms with Crippen molar-refractivity contribution in [1.82, 2.24) is 15.2 Å². The van der Waals surface area contributed by atoms with E-state index in [1.54, 1.807) is 13.2 Å². The van der Waals surface area contributed by atoms with Crippen molar-refractivity contribution >= 4 is 35.0 Å². The van der Waals surface area contributed by atoms with Gasteiger partial charge in [0.2, 0.25) is 5.16 Å². The number of rotatable bonds is 5. The summed E-state index contributed by atoms with van der Waals surface area (Å²) in [6.07, 6.45) is 0. The zero-order valence-electron chi connectivity index (χ0n) is 12.2. The highest BCUT2D eigenvalue weighted by atomic mass is 35.5. The van der Waals surface area contributed by atoms with E-state index < -0.39 is 0 Å². The normalized spacial score (nSPS) is 10.7. The van der Waals surface area contributed by atoms with Gasteiger partial charge in [-0.25, -0.2) is 4.98 Å². The van der Waals surface area contributed by atoms with Crippen molar-refractivity contribution in [3.05, 3.63) is 58.1 Å². The van der Waals surface area contributed by atoms with Gasteiger partial charge in [-0.2, -0.15) is 0 Å². The van der Waals surface area contributed by atoms with E-state index in [9.17, 15) is 0 Å². The van der Waals surface area contributed by atoms with E-state index in [-0.39, 0.29) is 0 Å². The number of ether oxygens (including phenoxy) is 1. The second-order valence-electron chi connectivity index (χ2n) is 4.73. The maximum absolute atomic E-state index is 6.02. The predicted octanol–water partition coefficient (Wildman–Crippen LogP) is 5.08. The summed E-state index contributed by atoms with van der Waals surface area (Å²) in [5, 5.41) is 8.97. The highest BCUT2D eigenvalue weighted by Gasteiger charge is 2.07. The number of benzene rings is 2. The number of nitrogens with one attached hydrogen (secondary N) is 1. The van der Waals surface area contributed by atoms with Crippen LogP contribution in [0.4, 0.5) is 0 Å². The maximum atomic E-state index is 6.02. The number of aromatic nitrogens is 3. The fraction of sp³-hybridized carbons (Fsp3) is 0.125. The predicted molar refractivity (Wildman–Crippen MR) is 94.4 cm³/mol. The minimum Gasteiger partial charge on any atom is -0.497 e.